The van der Waals surface area contributed by atoms with Gasteiger partial charge in [0.05, 0.1) is 11.4 Å². The largest absolute Gasteiger partial charge is 0.397 e. The van der Waals surface area contributed by atoms with E-state index in [0.717, 1.165) is 46.1 Å². The highest BCUT2D eigenvalue weighted by Crippen LogP contribution is 2.34. The van der Waals surface area contributed by atoms with Gasteiger partial charge in [-0.05, 0) is 54.0 Å². The van der Waals surface area contributed by atoms with Gasteiger partial charge in [-0.25, -0.2) is 4.39 Å². The molecule has 4 N–H and O–H groups in total. The molecule has 0 atom stereocenters. The van der Waals surface area contributed by atoms with E-state index in [9.17, 15) is 4.39 Å². The molecule has 0 aliphatic heterocycles. The van der Waals surface area contributed by atoms with Crippen LogP contribution in [0.1, 0.15) is 24.0 Å². The molecular formula is C20H26FN3. The zero-order valence-corrected chi connectivity index (χ0v) is 14.2. The molecule has 0 radical (unpaired) electrons. The Balaban J connectivity index is 1.72. The van der Waals surface area contributed by atoms with Crippen molar-refractivity contribution in [1.82, 2.24) is 5.32 Å². The summed E-state index contributed by atoms with van der Waals surface area (Å²) < 4.78 is 12.1. The second-order valence-corrected chi connectivity index (χ2v) is 6.59. The smallest absolute Gasteiger partial charge is 0.102 e. The average molecular weight is 327 g/mol. The van der Waals surface area contributed by atoms with E-state index in [1.807, 2.05) is 0 Å². The van der Waals surface area contributed by atoms with Crippen molar-refractivity contribution in [2.75, 3.05) is 30.8 Å². The quantitative estimate of drug-likeness (QED) is 0.505. The first kappa shape index (κ1) is 16.8. The second-order valence-electron chi connectivity index (χ2n) is 6.59. The van der Waals surface area contributed by atoms with Gasteiger partial charge in [0.25, 0.3) is 0 Å². The van der Waals surface area contributed by atoms with E-state index in [-0.39, 0.29) is 6.67 Å². The third-order valence-electron chi connectivity index (χ3n) is 4.66. The van der Waals surface area contributed by atoms with Gasteiger partial charge < -0.3 is 16.4 Å². The molecule has 3 nitrogen and oxygen atoms in total. The Hall–Kier alpha value is -2.07. The van der Waals surface area contributed by atoms with Crippen LogP contribution in [-0.4, -0.2) is 19.8 Å². The fourth-order valence-corrected chi connectivity index (χ4v) is 2.87. The van der Waals surface area contributed by atoms with Crippen LogP contribution in [0.5, 0.6) is 0 Å². The van der Waals surface area contributed by atoms with Crippen molar-refractivity contribution in [3.63, 3.8) is 0 Å². The Kier molecular flexibility index (Phi) is 5.36. The Bertz CT molecular complexity index is 678. The molecule has 1 aliphatic rings. The molecule has 1 saturated carbocycles. The zero-order valence-electron chi connectivity index (χ0n) is 14.2. The average Bonchev–Trinajstić information content (AvgIpc) is 3.42. The van der Waals surface area contributed by atoms with Crippen LogP contribution < -0.4 is 16.4 Å². The lowest BCUT2D eigenvalue weighted by molar-refractivity contribution is 0.467. The molecule has 0 aromatic heterocycles. The third-order valence-corrected chi connectivity index (χ3v) is 4.66. The minimum atomic E-state index is -0.336. The van der Waals surface area contributed by atoms with Crippen LogP contribution in [0.2, 0.25) is 0 Å². The van der Waals surface area contributed by atoms with Gasteiger partial charge in [-0.15, -0.1) is 0 Å². The van der Waals surface area contributed by atoms with E-state index >= 15 is 0 Å². The normalized spacial score (nSPS) is 13.9. The van der Waals surface area contributed by atoms with Gasteiger partial charge in [0.1, 0.15) is 6.67 Å². The maximum atomic E-state index is 12.1. The molecule has 0 unspecified atom stereocenters. The minimum absolute atomic E-state index is 0.336. The Morgan fingerprint density at radius 3 is 2.54 bits per heavy atom. The van der Waals surface area contributed by atoms with Crippen LogP contribution in [0, 0.1) is 12.8 Å². The van der Waals surface area contributed by atoms with Crippen LogP contribution in [0.4, 0.5) is 15.8 Å². The first-order chi connectivity index (χ1) is 11.7. The van der Waals surface area contributed by atoms with Gasteiger partial charge >= 0.3 is 0 Å². The van der Waals surface area contributed by atoms with Gasteiger partial charge in [-0.3, -0.25) is 0 Å². The number of alkyl halides is 1. The van der Waals surface area contributed by atoms with Gasteiger partial charge in [-0.1, -0.05) is 30.3 Å². The lowest BCUT2D eigenvalue weighted by Gasteiger charge is -2.15. The molecule has 2 aromatic rings. The van der Waals surface area contributed by atoms with E-state index in [1.165, 1.54) is 12.8 Å². The molecule has 0 spiro atoms. The molecule has 0 saturated heterocycles. The molecule has 0 bridgehead atoms. The standard InChI is InChI=1S/C20H26FN3/c1-14-18(8-9-19(20(14)22)24-13-16-2-3-16)17-6-4-15(5-7-17)12-23-11-10-21/h4-9,16,23-24H,2-3,10-13,22H2,1H3. The minimum Gasteiger partial charge on any atom is -0.397 e. The number of hydrogen-bond donors (Lipinski definition) is 3. The van der Waals surface area contributed by atoms with Crippen molar-refractivity contribution in [1.29, 1.82) is 0 Å². The zero-order chi connectivity index (χ0) is 16.9. The summed E-state index contributed by atoms with van der Waals surface area (Å²) in [6.45, 7) is 3.84. The van der Waals surface area contributed by atoms with Crippen molar-refractivity contribution in [3.8, 4) is 11.1 Å². The van der Waals surface area contributed by atoms with Crippen molar-refractivity contribution in [2.45, 2.75) is 26.3 Å². The Morgan fingerprint density at radius 1 is 1.12 bits per heavy atom. The topological polar surface area (TPSA) is 50.1 Å². The number of nitrogens with one attached hydrogen (secondary N) is 2. The van der Waals surface area contributed by atoms with Crippen LogP contribution in [-0.2, 0) is 6.54 Å². The highest BCUT2D eigenvalue weighted by atomic mass is 19.1. The highest BCUT2D eigenvalue weighted by Gasteiger charge is 2.21. The number of benzene rings is 2. The molecule has 0 amide bonds. The van der Waals surface area contributed by atoms with Crippen LogP contribution in [0.15, 0.2) is 36.4 Å². The van der Waals surface area contributed by atoms with Crippen LogP contribution in [0.25, 0.3) is 11.1 Å². The summed E-state index contributed by atoms with van der Waals surface area (Å²) in [5, 5.41) is 6.53. The number of nitrogens with two attached hydrogens (primary N) is 1. The highest BCUT2D eigenvalue weighted by molar-refractivity contribution is 5.81. The van der Waals surface area contributed by atoms with Crippen LogP contribution >= 0.6 is 0 Å². The molecule has 1 fully saturated rings. The Labute approximate surface area is 143 Å². The number of hydrogen-bond acceptors (Lipinski definition) is 3. The maximum Gasteiger partial charge on any atom is 0.102 e. The summed E-state index contributed by atoms with van der Waals surface area (Å²) in [5.74, 6) is 0.822. The maximum absolute atomic E-state index is 12.1. The number of nitrogen functional groups attached to an aromatic ring is 1. The monoisotopic (exact) mass is 327 g/mol. The summed E-state index contributed by atoms with van der Waals surface area (Å²) in [6, 6.07) is 12.6. The lowest BCUT2D eigenvalue weighted by atomic mass is 9.97. The van der Waals surface area contributed by atoms with Gasteiger partial charge in [0.15, 0.2) is 0 Å². The number of anilines is 2. The molecule has 1 aliphatic carbocycles. The van der Waals surface area contributed by atoms with Gasteiger partial charge in [0, 0.05) is 19.6 Å². The fourth-order valence-electron chi connectivity index (χ4n) is 2.87. The van der Waals surface area contributed by atoms with Crippen molar-refractivity contribution < 1.29 is 4.39 Å². The number of halogens is 1. The summed E-state index contributed by atoms with van der Waals surface area (Å²) in [7, 11) is 0. The summed E-state index contributed by atoms with van der Waals surface area (Å²) >= 11 is 0. The predicted octanol–water partition coefficient (Wildman–Crippen LogP) is 4.13. The summed E-state index contributed by atoms with van der Waals surface area (Å²) in [5.41, 5.74) is 12.8. The predicted molar refractivity (Wildman–Crippen MR) is 99.9 cm³/mol. The van der Waals surface area contributed by atoms with Gasteiger partial charge in [-0.2, -0.15) is 0 Å². The summed E-state index contributed by atoms with van der Waals surface area (Å²) in [6.07, 6.45) is 2.66. The van der Waals surface area contributed by atoms with Gasteiger partial charge in [0.2, 0.25) is 0 Å². The molecule has 4 heteroatoms. The van der Waals surface area contributed by atoms with E-state index in [1.54, 1.807) is 0 Å². The molecular weight excluding hydrogens is 301 g/mol. The van der Waals surface area contributed by atoms with Crippen molar-refractivity contribution >= 4 is 11.4 Å². The van der Waals surface area contributed by atoms with E-state index < -0.39 is 0 Å². The molecule has 0 heterocycles. The fraction of sp³-hybridized carbons (Fsp3) is 0.400. The molecule has 128 valence electrons. The third kappa shape index (κ3) is 4.06. The first-order valence-electron chi connectivity index (χ1n) is 8.68. The van der Waals surface area contributed by atoms with E-state index in [4.69, 9.17) is 5.73 Å². The molecule has 2 aromatic carbocycles. The second kappa shape index (κ2) is 7.67. The van der Waals surface area contributed by atoms with Crippen molar-refractivity contribution in [2.24, 2.45) is 5.92 Å². The Morgan fingerprint density at radius 2 is 1.88 bits per heavy atom. The molecule has 3 rings (SSSR count). The van der Waals surface area contributed by atoms with E-state index in [0.29, 0.717) is 13.1 Å². The van der Waals surface area contributed by atoms with Crippen molar-refractivity contribution in [3.05, 3.63) is 47.5 Å². The molecule has 24 heavy (non-hydrogen) atoms. The van der Waals surface area contributed by atoms with Crippen LogP contribution in [0.3, 0.4) is 0 Å². The summed E-state index contributed by atoms with van der Waals surface area (Å²) in [4.78, 5) is 0. The lowest BCUT2D eigenvalue weighted by Crippen LogP contribution is -2.15. The van der Waals surface area contributed by atoms with E-state index in [2.05, 4.69) is 54.0 Å². The SMILES string of the molecule is Cc1c(-c2ccc(CNCCF)cc2)ccc(NCC2CC2)c1N. The number of rotatable bonds is 8. The first-order valence-corrected chi connectivity index (χ1v) is 8.68.